The minimum Gasteiger partial charge on any atom is -0.373 e. The highest BCUT2D eigenvalue weighted by atomic mass is 16.5. The monoisotopic (exact) mass is 501 g/mol. The smallest absolute Gasteiger partial charge is 0.227 e. The van der Waals surface area contributed by atoms with Crippen molar-refractivity contribution < 1.29 is 14.3 Å². The highest BCUT2D eigenvalue weighted by Gasteiger charge is 2.10. The maximum absolute atomic E-state index is 12.7. The van der Waals surface area contributed by atoms with Crippen LogP contribution in [0.15, 0.2) is 66.9 Å². The van der Waals surface area contributed by atoms with Gasteiger partial charge in [0, 0.05) is 36.1 Å². The Morgan fingerprint density at radius 1 is 1.00 bits per heavy atom. The van der Waals surface area contributed by atoms with Gasteiger partial charge >= 0.3 is 0 Å². The van der Waals surface area contributed by atoms with Crippen molar-refractivity contribution in [2.45, 2.75) is 33.5 Å². The van der Waals surface area contributed by atoms with E-state index in [4.69, 9.17) is 14.5 Å². The van der Waals surface area contributed by atoms with Crippen LogP contribution in [0.5, 0.6) is 0 Å². The maximum atomic E-state index is 12.7. The molecule has 3 aromatic rings. The molecule has 0 aliphatic carbocycles. The van der Waals surface area contributed by atoms with Crippen molar-refractivity contribution in [2.24, 2.45) is 0 Å². The fraction of sp³-hybridized carbons (Fsp3) is 0.345. The zero-order chi connectivity index (χ0) is 25.9. The van der Waals surface area contributed by atoms with Crippen LogP contribution in [-0.2, 0) is 27.5 Å². The molecule has 0 spiro atoms. The molecule has 6 bridgehead atoms. The van der Waals surface area contributed by atoms with Crippen LogP contribution in [0.4, 0.5) is 17.3 Å². The topological polar surface area (TPSA) is 88.6 Å². The van der Waals surface area contributed by atoms with E-state index in [-0.39, 0.29) is 5.91 Å². The summed E-state index contributed by atoms with van der Waals surface area (Å²) in [6.07, 6.45) is 6.08. The molecule has 0 saturated carbocycles. The van der Waals surface area contributed by atoms with Crippen molar-refractivity contribution in [3.05, 3.63) is 78.0 Å². The zero-order valence-corrected chi connectivity index (χ0v) is 21.6. The summed E-state index contributed by atoms with van der Waals surface area (Å²) in [6, 6.07) is 15.9. The van der Waals surface area contributed by atoms with Crippen LogP contribution in [0, 0.1) is 0 Å². The summed E-state index contributed by atoms with van der Waals surface area (Å²) in [6.45, 7) is 8.67. The van der Waals surface area contributed by atoms with E-state index in [1.165, 1.54) is 0 Å². The molecular formula is C29H35N5O3. The molecule has 1 aliphatic rings. The molecule has 0 saturated heterocycles. The second-order valence-electron chi connectivity index (χ2n) is 8.84. The number of carbonyl (C=O) groups is 1. The summed E-state index contributed by atoms with van der Waals surface area (Å²) < 4.78 is 11.6. The summed E-state index contributed by atoms with van der Waals surface area (Å²) in [5, 5.41) is 6.34. The molecule has 1 aliphatic heterocycles. The average Bonchev–Trinajstić information content (AvgIpc) is 2.90. The number of hydrogen-bond donors (Lipinski definition) is 2. The van der Waals surface area contributed by atoms with E-state index in [9.17, 15) is 4.79 Å². The molecule has 37 heavy (non-hydrogen) atoms. The number of fused-ring (bicyclic) bond motifs is 7. The number of nitrogens with one attached hydrogen (secondary N) is 2. The quantitative estimate of drug-likeness (QED) is 0.451. The molecule has 0 unspecified atom stereocenters. The first-order valence-electron chi connectivity index (χ1n) is 12.8. The van der Waals surface area contributed by atoms with Gasteiger partial charge in [-0.3, -0.25) is 4.79 Å². The van der Waals surface area contributed by atoms with Gasteiger partial charge in [-0.25, -0.2) is 9.97 Å². The molecule has 2 heterocycles. The number of nitrogens with zero attached hydrogens (tertiary/aromatic N) is 3. The normalized spacial score (nSPS) is 14.8. The zero-order valence-electron chi connectivity index (χ0n) is 21.6. The van der Waals surface area contributed by atoms with Crippen molar-refractivity contribution in [1.29, 1.82) is 0 Å². The molecular weight excluding hydrogens is 466 g/mol. The number of ether oxygens (including phenoxy) is 2. The van der Waals surface area contributed by atoms with Gasteiger partial charge in [-0.05, 0) is 54.5 Å². The summed E-state index contributed by atoms with van der Waals surface area (Å²) in [4.78, 5) is 24.0. The van der Waals surface area contributed by atoms with Crippen molar-refractivity contribution in [3.8, 4) is 11.3 Å². The number of aromatic nitrogens is 2. The SMILES string of the molecule is CCN(CC)CCC(=O)Nc1cc2cc(c1)Nc1nccc(n1)-c1cccc(c1)COC/C=C/COC2. The molecule has 0 atom stereocenters. The first-order valence-corrected chi connectivity index (χ1v) is 12.8. The van der Waals surface area contributed by atoms with Gasteiger partial charge in [0.15, 0.2) is 0 Å². The first-order chi connectivity index (χ1) is 18.1. The molecule has 4 rings (SSSR count). The minimum absolute atomic E-state index is 0.0218. The molecule has 8 heteroatoms. The standard InChI is InChI=1S/C29H35N5O3/c1-3-34(4-2)13-11-28(35)31-25-17-23-18-26(19-25)32-29-30-12-10-27(33-29)24-9-7-8-22(16-24)20-36-14-5-6-15-37-21-23/h5-10,12,16-19H,3-4,11,13-15,20-21H2,1-2H3,(H,31,35)(H,30,32,33)/b6-5+. The Morgan fingerprint density at radius 3 is 2.57 bits per heavy atom. The predicted octanol–water partition coefficient (Wildman–Crippen LogP) is 5.16. The van der Waals surface area contributed by atoms with Gasteiger partial charge in [0.1, 0.15) is 0 Å². The van der Waals surface area contributed by atoms with E-state index in [0.717, 1.165) is 47.7 Å². The van der Waals surface area contributed by atoms with Crippen molar-refractivity contribution >= 4 is 23.2 Å². The molecule has 0 radical (unpaired) electrons. The molecule has 8 nitrogen and oxygen atoms in total. The van der Waals surface area contributed by atoms with Crippen LogP contribution >= 0.6 is 0 Å². The van der Waals surface area contributed by atoms with Crippen LogP contribution in [0.3, 0.4) is 0 Å². The van der Waals surface area contributed by atoms with Crippen molar-refractivity contribution in [3.63, 3.8) is 0 Å². The van der Waals surface area contributed by atoms with Crippen LogP contribution in [-0.4, -0.2) is 53.6 Å². The van der Waals surface area contributed by atoms with Crippen molar-refractivity contribution in [1.82, 2.24) is 14.9 Å². The first kappa shape index (κ1) is 26.5. The Kier molecular flexibility index (Phi) is 9.76. The van der Waals surface area contributed by atoms with Crippen LogP contribution in [0.1, 0.15) is 31.4 Å². The number of amides is 1. The molecule has 2 aromatic carbocycles. The number of benzene rings is 2. The second kappa shape index (κ2) is 13.6. The Hall–Kier alpha value is -3.59. The lowest BCUT2D eigenvalue weighted by molar-refractivity contribution is -0.116. The van der Waals surface area contributed by atoms with Gasteiger partial charge in [-0.15, -0.1) is 0 Å². The van der Waals surface area contributed by atoms with Crippen LogP contribution in [0.25, 0.3) is 11.3 Å². The lowest BCUT2D eigenvalue weighted by Gasteiger charge is -2.17. The van der Waals surface area contributed by atoms with E-state index in [1.54, 1.807) is 6.20 Å². The van der Waals surface area contributed by atoms with Gasteiger partial charge in [0.05, 0.1) is 32.1 Å². The third-order valence-corrected chi connectivity index (χ3v) is 6.09. The number of hydrogen-bond acceptors (Lipinski definition) is 7. The van der Waals surface area contributed by atoms with Crippen molar-refractivity contribution in [2.75, 3.05) is 43.5 Å². The summed E-state index contributed by atoms with van der Waals surface area (Å²) in [7, 11) is 0. The van der Waals surface area contributed by atoms with Gasteiger partial charge in [0.2, 0.25) is 11.9 Å². The number of anilines is 3. The van der Waals surface area contributed by atoms with Gasteiger partial charge in [-0.2, -0.15) is 0 Å². The molecule has 1 aromatic heterocycles. The minimum atomic E-state index is -0.0218. The Labute approximate surface area is 218 Å². The maximum Gasteiger partial charge on any atom is 0.227 e. The van der Waals surface area contributed by atoms with Crippen LogP contribution < -0.4 is 10.6 Å². The third-order valence-electron chi connectivity index (χ3n) is 6.09. The van der Waals surface area contributed by atoms with E-state index in [2.05, 4.69) is 40.4 Å². The highest BCUT2D eigenvalue weighted by molar-refractivity contribution is 5.91. The van der Waals surface area contributed by atoms with E-state index in [1.807, 2.05) is 54.6 Å². The Morgan fingerprint density at radius 2 is 1.78 bits per heavy atom. The number of rotatable bonds is 6. The predicted molar refractivity (Wildman–Crippen MR) is 147 cm³/mol. The highest BCUT2D eigenvalue weighted by Crippen LogP contribution is 2.24. The average molecular weight is 502 g/mol. The van der Waals surface area contributed by atoms with Gasteiger partial charge in [-0.1, -0.05) is 44.2 Å². The number of carbonyl (C=O) groups excluding carboxylic acids is 1. The van der Waals surface area contributed by atoms with Gasteiger partial charge in [0.25, 0.3) is 0 Å². The fourth-order valence-electron chi connectivity index (χ4n) is 4.10. The lowest BCUT2D eigenvalue weighted by atomic mass is 10.1. The summed E-state index contributed by atoms with van der Waals surface area (Å²) in [5.41, 5.74) is 5.28. The third kappa shape index (κ3) is 8.21. The molecule has 2 N–H and O–H groups in total. The van der Waals surface area contributed by atoms with Crippen LogP contribution in [0.2, 0.25) is 0 Å². The Bertz CT molecular complexity index is 1210. The second-order valence-corrected chi connectivity index (χ2v) is 8.84. The fourth-order valence-corrected chi connectivity index (χ4v) is 4.10. The Balaban J connectivity index is 1.58. The summed E-state index contributed by atoms with van der Waals surface area (Å²) >= 11 is 0. The largest absolute Gasteiger partial charge is 0.373 e. The lowest BCUT2D eigenvalue weighted by Crippen LogP contribution is -2.27. The summed E-state index contributed by atoms with van der Waals surface area (Å²) in [5.74, 6) is 0.450. The van der Waals surface area contributed by atoms with Gasteiger partial charge < -0.3 is 25.0 Å². The molecule has 0 fully saturated rings. The van der Waals surface area contributed by atoms with E-state index in [0.29, 0.717) is 44.5 Å². The van der Waals surface area contributed by atoms with E-state index >= 15 is 0 Å². The molecule has 194 valence electrons. The molecule has 1 amide bonds. The van der Waals surface area contributed by atoms with E-state index < -0.39 is 0 Å².